The van der Waals surface area contributed by atoms with Crippen molar-refractivity contribution >= 4 is 55.0 Å². The molecule has 0 atom stereocenters. The molecule has 2 amide bonds. The molecule has 196 valence electrons. The van der Waals surface area contributed by atoms with Gasteiger partial charge < -0.3 is 11.1 Å². The fourth-order valence-electron chi connectivity index (χ4n) is 3.77. The number of nitrogens with one attached hydrogen (secondary N) is 1. The van der Waals surface area contributed by atoms with Crippen LogP contribution in [0.3, 0.4) is 0 Å². The summed E-state index contributed by atoms with van der Waals surface area (Å²) < 4.78 is 68.9. The lowest BCUT2D eigenvalue weighted by Crippen LogP contribution is -2.22. The van der Waals surface area contributed by atoms with Crippen molar-refractivity contribution in [1.82, 2.24) is 24.5 Å². The number of alkyl halides is 5. The highest BCUT2D eigenvalue weighted by Gasteiger charge is 2.38. The van der Waals surface area contributed by atoms with Gasteiger partial charge in [0.05, 0.1) is 21.5 Å². The van der Waals surface area contributed by atoms with Gasteiger partial charge in [0.25, 0.3) is 12.3 Å². The number of anilines is 1. The second kappa shape index (κ2) is 9.48. The van der Waals surface area contributed by atoms with E-state index in [1.54, 1.807) is 20.2 Å². The summed E-state index contributed by atoms with van der Waals surface area (Å²) in [4.78, 5) is 28.9. The van der Waals surface area contributed by atoms with E-state index in [-0.39, 0.29) is 36.5 Å². The van der Waals surface area contributed by atoms with Gasteiger partial charge in [-0.1, -0.05) is 0 Å². The average molecular weight is 606 g/mol. The smallest absolute Gasteiger partial charge is 0.365 e. The van der Waals surface area contributed by atoms with Gasteiger partial charge in [-0.3, -0.25) is 19.0 Å². The van der Waals surface area contributed by atoms with Gasteiger partial charge in [0.1, 0.15) is 21.9 Å². The summed E-state index contributed by atoms with van der Waals surface area (Å²) in [5, 5.41) is 10.4. The Morgan fingerprint density at radius 2 is 1.89 bits per heavy atom. The number of fused-ring (bicyclic) bond motifs is 1. The minimum absolute atomic E-state index is 0.0116. The van der Waals surface area contributed by atoms with Crippen molar-refractivity contribution in [1.29, 1.82) is 0 Å². The van der Waals surface area contributed by atoms with Crippen molar-refractivity contribution < 1.29 is 31.5 Å². The number of aromatic nitrogens is 5. The molecule has 0 aliphatic heterocycles. The van der Waals surface area contributed by atoms with E-state index in [1.807, 2.05) is 0 Å². The number of halogens is 6. The maximum absolute atomic E-state index is 13.6. The summed E-state index contributed by atoms with van der Waals surface area (Å²) in [5.74, 6) is -1.79. The monoisotopic (exact) mass is 605 g/mol. The van der Waals surface area contributed by atoms with Gasteiger partial charge in [-0.05, 0) is 41.4 Å². The van der Waals surface area contributed by atoms with Gasteiger partial charge in [-0.15, -0.1) is 11.3 Å². The Labute approximate surface area is 217 Å². The Hall–Kier alpha value is -3.40. The molecule has 0 radical (unpaired) electrons. The van der Waals surface area contributed by atoms with Crippen LogP contribution in [-0.4, -0.2) is 36.4 Å². The summed E-state index contributed by atoms with van der Waals surface area (Å²) in [6.07, 6.45) is -6.10. The number of thiophene rings is 1. The van der Waals surface area contributed by atoms with Crippen LogP contribution in [0.4, 0.5) is 27.6 Å². The van der Waals surface area contributed by atoms with Crippen molar-refractivity contribution in [2.75, 3.05) is 5.32 Å². The van der Waals surface area contributed by atoms with Crippen LogP contribution in [0.25, 0.3) is 21.3 Å². The third kappa shape index (κ3) is 4.94. The lowest BCUT2D eigenvalue weighted by atomic mass is 10.0. The summed E-state index contributed by atoms with van der Waals surface area (Å²) in [6.45, 7) is 2.35. The molecule has 0 saturated heterocycles. The number of carbonyl (C=O) groups is 2. The standard InChI is InChI=1S/C21H17BrF5N7O2S/c1-7-10(5-33(3)31-7)9-4-11(18(23)24)29-20-13(9)15(16(37-20)19(28)36)30-12(35)6-34-8(2)14(22)17(32-34)21(25,26)27/h4-5,18H,6H2,1-3H3,(H2,28,36)(H,30,35). The number of hydrogen-bond acceptors (Lipinski definition) is 6. The van der Waals surface area contributed by atoms with E-state index >= 15 is 0 Å². The minimum Gasteiger partial charge on any atom is -0.365 e. The maximum Gasteiger partial charge on any atom is 0.436 e. The van der Waals surface area contributed by atoms with E-state index in [9.17, 15) is 31.5 Å². The van der Waals surface area contributed by atoms with Crippen LogP contribution < -0.4 is 11.1 Å². The first kappa shape index (κ1) is 26.7. The Balaban J connectivity index is 1.84. The first-order valence-corrected chi connectivity index (χ1v) is 12.0. The molecule has 0 unspecified atom stereocenters. The lowest BCUT2D eigenvalue weighted by Gasteiger charge is -2.11. The van der Waals surface area contributed by atoms with Crippen molar-refractivity contribution in [3.05, 3.63) is 44.4 Å². The Kier molecular flexibility index (Phi) is 6.83. The summed E-state index contributed by atoms with van der Waals surface area (Å²) in [5.41, 5.74) is 4.85. The second-order valence-corrected chi connectivity index (χ2v) is 9.79. The molecule has 0 saturated carbocycles. The van der Waals surface area contributed by atoms with E-state index in [0.717, 1.165) is 10.7 Å². The number of hydrogen-bond donors (Lipinski definition) is 2. The first-order valence-electron chi connectivity index (χ1n) is 10.3. The van der Waals surface area contributed by atoms with Crippen LogP contribution in [-0.2, 0) is 24.6 Å². The van der Waals surface area contributed by atoms with E-state index in [1.165, 1.54) is 11.6 Å². The molecule has 0 aliphatic rings. The Bertz CT molecular complexity index is 1560. The van der Waals surface area contributed by atoms with Crippen molar-refractivity contribution in [3.63, 3.8) is 0 Å². The van der Waals surface area contributed by atoms with Crippen LogP contribution in [0, 0.1) is 13.8 Å². The van der Waals surface area contributed by atoms with Crippen molar-refractivity contribution in [2.24, 2.45) is 12.8 Å². The summed E-state index contributed by atoms with van der Waals surface area (Å²) in [6, 6.07) is 1.13. The van der Waals surface area contributed by atoms with Crippen LogP contribution >= 0.6 is 27.3 Å². The third-order valence-corrected chi connectivity index (χ3v) is 7.44. The first-order chi connectivity index (χ1) is 17.2. The number of amides is 2. The van der Waals surface area contributed by atoms with Crippen molar-refractivity contribution in [3.8, 4) is 11.1 Å². The van der Waals surface area contributed by atoms with Crippen molar-refractivity contribution in [2.45, 2.75) is 33.0 Å². The normalized spacial score (nSPS) is 12.1. The van der Waals surface area contributed by atoms with Gasteiger partial charge in [0, 0.05) is 24.2 Å². The summed E-state index contributed by atoms with van der Waals surface area (Å²) >= 11 is 3.55. The maximum atomic E-state index is 13.6. The topological polar surface area (TPSA) is 121 Å². The molecule has 0 aliphatic carbocycles. The number of aryl methyl sites for hydroxylation is 2. The molecule has 4 rings (SSSR count). The number of nitrogens with zero attached hydrogens (tertiary/aromatic N) is 5. The van der Waals surface area contributed by atoms with E-state index in [0.29, 0.717) is 22.6 Å². The van der Waals surface area contributed by atoms with Crippen LogP contribution in [0.1, 0.15) is 38.9 Å². The number of nitrogens with two attached hydrogens (primary N) is 1. The molecule has 3 N–H and O–H groups in total. The zero-order valence-corrected chi connectivity index (χ0v) is 21.6. The average Bonchev–Trinajstić information content (AvgIpc) is 3.41. The molecule has 37 heavy (non-hydrogen) atoms. The molecule has 9 nitrogen and oxygen atoms in total. The zero-order valence-electron chi connectivity index (χ0n) is 19.2. The molecule has 0 aromatic carbocycles. The molecule has 0 spiro atoms. The number of primary amides is 1. The second-order valence-electron chi connectivity index (χ2n) is 8.00. The van der Waals surface area contributed by atoms with Gasteiger partial charge in [0.2, 0.25) is 5.91 Å². The molecule has 4 aromatic rings. The van der Waals surface area contributed by atoms with E-state index in [2.05, 4.69) is 36.4 Å². The number of pyridine rings is 1. The fraction of sp³-hybridized carbons (Fsp3) is 0.286. The Morgan fingerprint density at radius 3 is 2.41 bits per heavy atom. The number of carbonyl (C=O) groups excluding carboxylic acids is 2. The highest BCUT2D eigenvalue weighted by atomic mass is 79.9. The Morgan fingerprint density at radius 1 is 1.22 bits per heavy atom. The van der Waals surface area contributed by atoms with Gasteiger partial charge >= 0.3 is 6.18 Å². The lowest BCUT2D eigenvalue weighted by molar-refractivity contribution is -0.142. The predicted octanol–water partition coefficient (Wildman–Crippen LogP) is 4.97. The quantitative estimate of drug-likeness (QED) is 0.301. The highest BCUT2D eigenvalue weighted by Crippen LogP contribution is 2.43. The SMILES string of the molecule is Cc1nn(C)cc1-c1cc(C(F)F)nc2sc(C(N)=O)c(NC(=O)Cn3nc(C(F)(F)F)c(Br)c3C)c12. The van der Waals surface area contributed by atoms with Gasteiger partial charge in [0.15, 0.2) is 5.69 Å². The van der Waals surface area contributed by atoms with E-state index < -0.39 is 42.3 Å². The summed E-state index contributed by atoms with van der Waals surface area (Å²) in [7, 11) is 1.63. The van der Waals surface area contributed by atoms with Gasteiger partial charge in [-0.2, -0.15) is 23.4 Å². The zero-order chi connectivity index (χ0) is 27.4. The molecule has 4 aromatic heterocycles. The highest BCUT2D eigenvalue weighted by molar-refractivity contribution is 9.10. The molecule has 0 bridgehead atoms. The minimum atomic E-state index is -4.75. The van der Waals surface area contributed by atoms with Crippen LogP contribution in [0.2, 0.25) is 0 Å². The number of rotatable bonds is 6. The molecule has 4 heterocycles. The molecule has 16 heteroatoms. The van der Waals surface area contributed by atoms with E-state index in [4.69, 9.17) is 5.73 Å². The third-order valence-electron chi connectivity index (χ3n) is 5.39. The fourth-order valence-corrected chi connectivity index (χ4v) is 5.30. The predicted molar refractivity (Wildman–Crippen MR) is 128 cm³/mol. The molecule has 0 fully saturated rings. The van der Waals surface area contributed by atoms with Crippen LogP contribution in [0.15, 0.2) is 16.7 Å². The van der Waals surface area contributed by atoms with Gasteiger partial charge in [-0.25, -0.2) is 13.8 Å². The van der Waals surface area contributed by atoms with Crippen LogP contribution in [0.5, 0.6) is 0 Å². The largest absolute Gasteiger partial charge is 0.436 e. The molecular weight excluding hydrogens is 589 g/mol. The molecular formula is C21H17BrF5N7O2S.